The lowest BCUT2D eigenvalue weighted by atomic mass is 10.2. The minimum absolute atomic E-state index is 0.220. The number of carbonyl (C=O) groups excluding carboxylic acids is 1. The summed E-state index contributed by atoms with van der Waals surface area (Å²) >= 11 is 5.79. The van der Waals surface area contributed by atoms with Crippen molar-refractivity contribution in [1.29, 1.82) is 0 Å². The van der Waals surface area contributed by atoms with Crippen LogP contribution in [0.4, 0.5) is 5.69 Å². The van der Waals surface area contributed by atoms with Gasteiger partial charge in [0, 0.05) is 19.3 Å². The second-order valence-electron chi connectivity index (χ2n) is 6.01. The molecule has 7 heteroatoms. The van der Waals surface area contributed by atoms with Crippen LogP contribution in [-0.4, -0.2) is 18.0 Å². The molecule has 4 aromatic rings. The predicted octanol–water partition coefficient (Wildman–Crippen LogP) is 6.12. The summed E-state index contributed by atoms with van der Waals surface area (Å²) in [6, 6.07) is 18.4. The monoisotopic (exact) mass is 548 g/mol. The summed E-state index contributed by atoms with van der Waals surface area (Å²) in [7, 11) is 1.57. The van der Waals surface area contributed by atoms with E-state index in [0.717, 1.165) is 13.6 Å². The molecule has 0 radical (unpaired) electrons. The van der Waals surface area contributed by atoms with Crippen LogP contribution < -0.4 is 10.1 Å². The summed E-state index contributed by atoms with van der Waals surface area (Å²) in [6.07, 6.45) is 0. The van der Waals surface area contributed by atoms with Crippen LogP contribution in [0.5, 0.6) is 5.75 Å². The number of nitrogens with one attached hydrogen (secondary N) is 1. The van der Waals surface area contributed by atoms with Crippen molar-refractivity contribution in [2.75, 3.05) is 12.4 Å². The molecular formula is C21H14BrIN2O3. The van der Waals surface area contributed by atoms with Crippen molar-refractivity contribution in [2.24, 2.45) is 0 Å². The topological polar surface area (TPSA) is 64.4 Å². The van der Waals surface area contributed by atoms with E-state index in [9.17, 15) is 4.79 Å². The summed E-state index contributed by atoms with van der Waals surface area (Å²) in [5, 5.41) is 2.88. The van der Waals surface area contributed by atoms with Crippen LogP contribution in [0.25, 0.3) is 22.6 Å². The molecule has 0 saturated carbocycles. The maximum atomic E-state index is 12.5. The molecule has 5 nitrogen and oxygen atoms in total. The van der Waals surface area contributed by atoms with E-state index in [0.29, 0.717) is 34.0 Å². The number of nitrogens with zero attached hydrogens (tertiary/aromatic N) is 1. The minimum atomic E-state index is -0.220. The number of benzene rings is 3. The molecule has 0 atom stereocenters. The Balaban J connectivity index is 1.63. The molecule has 1 aromatic heterocycles. The summed E-state index contributed by atoms with van der Waals surface area (Å²) in [6.45, 7) is 0. The maximum Gasteiger partial charge on any atom is 0.255 e. The largest absolute Gasteiger partial charge is 0.497 e. The molecule has 1 heterocycles. The first-order valence-corrected chi connectivity index (χ1v) is 10.2. The highest BCUT2D eigenvalue weighted by Crippen LogP contribution is 2.32. The molecule has 0 saturated heterocycles. The molecular weight excluding hydrogens is 535 g/mol. The van der Waals surface area contributed by atoms with Crippen LogP contribution in [0, 0.1) is 3.57 Å². The van der Waals surface area contributed by atoms with Gasteiger partial charge in [-0.2, -0.15) is 0 Å². The van der Waals surface area contributed by atoms with Gasteiger partial charge in [0.2, 0.25) is 5.89 Å². The molecule has 3 aromatic carbocycles. The summed E-state index contributed by atoms with van der Waals surface area (Å²) in [5.74, 6) is 0.936. The third-order valence-corrected chi connectivity index (χ3v) is 5.50. The van der Waals surface area contributed by atoms with Crippen molar-refractivity contribution in [3.8, 4) is 17.2 Å². The Morgan fingerprint density at radius 1 is 1.14 bits per heavy atom. The molecule has 1 amide bonds. The van der Waals surface area contributed by atoms with Crippen LogP contribution in [0.3, 0.4) is 0 Å². The number of carbonyl (C=O) groups is 1. The van der Waals surface area contributed by atoms with E-state index in [1.165, 1.54) is 0 Å². The fraction of sp³-hybridized carbons (Fsp3) is 0.0476. The van der Waals surface area contributed by atoms with Crippen LogP contribution in [0.2, 0.25) is 0 Å². The van der Waals surface area contributed by atoms with Gasteiger partial charge >= 0.3 is 0 Å². The molecule has 0 aliphatic rings. The van der Waals surface area contributed by atoms with Gasteiger partial charge in [-0.3, -0.25) is 4.79 Å². The molecule has 0 bridgehead atoms. The van der Waals surface area contributed by atoms with Crippen molar-refractivity contribution in [1.82, 2.24) is 4.98 Å². The third kappa shape index (κ3) is 3.90. The molecule has 0 spiro atoms. The molecule has 28 heavy (non-hydrogen) atoms. The highest BCUT2D eigenvalue weighted by molar-refractivity contribution is 14.1. The number of ether oxygens (including phenoxy) is 1. The van der Waals surface area contributed by atoms with Crippen LogP contribution in [0.15, 0.2) is 69.6 Å². The predicted molar refractivity (Wildman–Crippen MR) is 121 cm³/mol. The Labute approximate surface area is 183 Å². The Bertz CT molecular complexity index is 1190. The smallest absolute Gasteiger partial charge is 0.255 e. The van der Waals surface area contributed by atoms with E-state index in [4.69, 9.17) is 9.15 Å². The lowest BCUT2D eigenvalue weighted by Gasteiger charge is -2.06. The highest BCUT2D eigenvalue weighted by atomic mass is 127. The number of amides is 1. The highest BCUT2D eigenvalue weighted by Gasteiger charge is 2.13. The van der Waals surface area contributed by atoms with Crippen molar-refractivity contribution in [2.45, 2.75) is 0 Å². The number of oxazole rings is 1. The Hall–Kier alpha value is -2.39. The van der Waals surface area contributed by atoms with Crippen LogP contribution in [-0.2, 0) is 0 Å². The molecule has 0 fully saturated rings. The van der Waals surface area contributed by atoms with E-state index in [-0.39, 0.29) is 5.91 Å². The molecule has 140 valence electrons. The number of anilines is 1. The first kappa shape index (κ1) is 18.9. The Morgan fingerprint density at radius 3 is 2.82 bits per heavy atom. The second-order valence-corrected chi connectivity index (χ2v) is 8.11. The number of rotatable bonds is 4. The number of methoxy groups -OCH3 is 1. The lowest BCUT2D eigenvalue weighted by Crippen LogP contribution is -2.11. The third-order valence-electron chi connectivity index (χ3n) is 4.14. The SMILES string of the molecule is COc1cccc(C(=O)Nc2ccc3oc(-c4cc(I)ccc4Br)nc3c2)c1. The van der Waals surface area contributed by atoms with Gasteiger partial charge < -0.3 is 14.5 Å². The van der Waals surface area contributed by atoms with Crippen molar-refractivity contribution in [3.63, 3.8) is 0 Å². The van der Waals surface area contributed by atoms with Gasteiger partial charge in [0.25, 0.3) is 5.91 Å². The summed E-state index contributed by atoms with van der Waals surface area (Å²) < 4.78 is 13.1. The zero-order chi connectivity index (χ0) is 19.7. The molecule has 0 aliphatic heterocycles. The zero-order valence-electron chi connectivity index (χ0n) is 14.7. The average molecular weight is 549 g/mol. The number of halogens is 2. The number of fused-ring (bicyclic) bond motifs is 1. The van der Waals surface area contributed by atoms with Crippen LogP contribution >= 0.6 is 38.5 Å². The Kier molecular flexibility index (Phi) is 5.36. The van der Waals surface area contributed by atoms with E-state index in [1.807, 2.05) is 18.2 Å². The van der Waals surface area contributed by atoms with Crippen molar-refractivity contribution < 1.29 is 13.9 Å². The fourth-order valence-electron chi connectivity index (χ4n) is 2.75. The summed E-state index contributed by atoms with van der Waals surface area (Å²) in [4.78, 5) is 17.1. The number of aromatic nitrogens is 1. The van der Waals surface area contributed by atoms with Gasteiger partial charge in [0.1, 0.15) is 11.3 Å². The average Bonchev–Trinajstić information content (AvgIpc) is 3.13. The van der Waals surface area contributed by atoms with Crippen molar-refractivity contribution in [3.05, 3.63) is 74.3 Å². The lowest BCUT2D eigenvalue weighted by molar-refractivity contribution is 0.102. The number of hydrogen-bond donors (Lipinski definition) is 1. The fourth-order valence-corrected chi connectivity index (χ4v) is 3.66. The number of hydrogen-bond acceptors (Lipinski definition) is 4. The van der Waals surface area contributed by atoms with E-state index in [2.05, 4.69) is 48.8 Å². The van der Waals surface area contributed by atoms with Crippen LogP contribution in [0.1, 0.15) is 10.4 Å². The van der Waals surface area contributed by atoms with Crippen molar-refractivity contribution >= 4 is 61.2 Å². The molecule has 4 rings (SSSR count). The quantitative estimate of drug-likeness (QED) is 0.312. The Morgan fingerprint density at radius 2 is 2.00 bits per heavy atom. The minimum Gasteiger partial charge on any atom is -0.497 e. The standard InChI is InChI=1S/C21H14BrIN2O3/c1-27-15-4-2-3-12(9-15)20(26)24-14-6-8-19-18(11-14)25-21(28-19)16-10-13(23)5-7-17(16)22/h2-11H,1H3,(H,24,26). The van der Waals surface area contributed by atoms with Gasteiger partial charge in [-0.1, -0.05) is 6.07 Å². The van der Waals surface area contributed by atoms with Gasteiger partial charge in [-0.05, 0) is 93.1 Å². The molecule has 1 N–H and O–H groups in total. The van der Waals surface area contributed by atoms with Gasteiger partial charge in [0.15, 0.2) is 5.58 Å². The van der Waals surface area contributed by atoms with E-state index in [1.54, 1.807) is 49.6 Å². The molecule has 0 aliphatic carbocycles. The van der Waals surface area contributed by atoms with Gasteiger partial charge in [-0.25, -0.2) is 4.98 Å². The molecule has 0 unspecified atom stereocenters. The normalized spacial score (nSPS) is 10.8. The van der Waals surface area contributed by atoms with E-state index >= 15 is 0 Å². The first-order valence-electron chi connectivity index (χ1n) is 8.35. The van der Waals surface area contributed by atoms with Gasteiger partial charge in [0.05, 0.1) is 12.7 Å². The van der Waals surface area contributed by atoms with Gasteiger partial charge in [-0.15, -0.1) is 0 Å². The second kappa shape index (κ2) is 7.92. The maximum absolute atomic E-state index is 12.5. The van der Waals surface area contributed by atoms with E-state index < -0.39 is 0 Å². The zero-order valence-corrected chi connectivity index (χ0v) is 18.4. The summed E-state index contributed by atoms with van der Waals surface area (Å²) in [5.41, 5.74) is 3.36. The first-order chi connectivity index (χ1) is 13.5.